The first kappa shape index (κ1) is 49.1. The van der Waals surface area contributed by atoms with E-state index in [-0.39, 0.29) is 53.6 Å². The predicted octanol–water partition coefficient (Wildman–Crippen LogP) is 5.37. The van der Waals surface area contributed by atoms with Crippen LogP contribution in [-0.2, 0) is 23.8 Å². The zero-order valence-corrected chi connectivity index (χ0v) is 36.0. The largest absolute Gasteiger partial charge is 0.481 e. The molecule has 2 fully saturated rings. The summed E-state index contributed by atoms with van der Waals surface area (Å²) < 4.78 is 15.7. The number of rotatable bonds is 20. The van der Waals surface area contributed by atoms with Crippen molar-refractivity contribution in [2.45, 2.75) is 151 Å². The molecule has 2 rings (SSSR count). The maximum Gasteiger partial charge on any atom is 0.407 e. The third kappa shape index (κ3) is 18.0. The summed E-state index contributed by atoms with van der Waals surface area (Å²) in [6.07, 6.45) is 3.73. The van der Waals surface area contributed by atoms with Gasteiger partial charge < -0.3 is 56.3 Å². The molecule has 8 N–H and O–H groups in total. The summed E-state index contributed by atoms with van der Waals surface area (Å²) in [5, 5.41) is 36.8. The number of aliphatic carboxylic acids is 2. The number of urea groups is 1. The van der Waals surface area contributed by atoms with E-state index in [0.717, 1.165) is 19.3 Å². The second-order valence-electron chi connectivity index (χ2n) is 19.2. The number of carboxylic acid groups (broad SMARTS) is 2. The Morgan fingerprint density at radius 1 is 0.702 bits per heavy atom. The molecule has 0 spiro atoms. The molecule has 328 valence electrons. The van der Waals surface area contributed by atoms with Crippen LogP contribution in [0.1, 0.15) is 127 Å². The minimum atomic E-state index is -1.72. The highest BCUT2D eigenvalue weighted by atomic mass is 16.6. The summed E-state index contributed by atoms with van der Waals surface area (Å²) in [6, 6.07) is -1.34. The molecule has 6 atom stereocenters. The Balaban J connectivity index is 1.85. The van der Waals surface area contributed by atoms with Crippen molar-refractivity contribution < 1.29 is 53.2 Å². The number of carbonyl (C=O) groups is 6. The number of unbranched alkanes of at least 4 members (excludes halogenated alkanes) is 1. The molecule has 6 unspecified atom stereocenters. The van der Waals surface area contributed by atoms with Crippen molar-refractivity contribution >= 4 is 36.2 Å². The zero-order valence-electron chi connectivity index (χ0n) is 36.0. The average molecular weight is 813 g/mol. The van der Waals surface area contributed by atoms with Gasteiger partial charge in [0.15, 0.2) is 0 Å². The monoisotopic (exact) mass is 813 g/mol. The number of carbonyl (C=O) groups excluding carboxylic acids is 4. The number of ether oxygens (including phenoxy) is 3. The number of alkyl carbamates (subject to hydrolysis) is 3. The number of amides is 5. The van der Waals surface area contributed by atoms with E-state index < -0.39 is 60.3 Å². The zero-order chi connectivity index (χ0) is 43.2. The Labute approximate surface area is 338 Å². The number of carboxylic acids is 2. The van der Waals surface area contributed by atoms with E-state index in [2.05, 4.69) is 59.6 Å². The molecule has 0 radical (unpaired) electrons. The summed E-state index contributed by atoms with van der Waals surface area (Å²) in [6.45, 7) is 19.4. The van der Waals surface area contributed by atoms with Crippen molar-refractivity contribution in [2.24, 2.45) is 27.1 Å². The van der Waals surface area contributed by atoms with Gasteiger partial charge in [-0.2, -0.15) is 0 Å². The van der Waals surface area contributed by atoms with Crippen molar-refractivity contribution in [1.29, 1.82) is 0 Å². The molecule has 0 aliphatic heterocycles. The first-order valence-corrected chi connectivity index (χ1v) is 20.3. The van der Waals surface area contributed by atoms with Gasteiger partial charge in [-0.25, -0.2) is 19.2 Å². The molecule has 0 heterocycles. The molecule has 0 aromatic carbocycles. The molecule has 2 saturated carbocycles. The fourth-order valence-corrected chi connectivity index (χ4v) is 8.96. The number of hydrogen-bond donors (Lipinski definition) is 8. The summed E-state index contributed by atoms with van der Waals surface area (Å²) >= 11 is 0. The third-order valence-electron chi connectivity index (χ3n) is 10.7. The Hall–Kier alpha value is -4.02. The van der Waals surface area contributed by atoms with Crippen LogP contribution in [0.4, 0.5) is 19.2 Å². The van der Waals surface area contributed by atoms with Crippen LogP contribution >= 0.6 is 0 Å². The lowest BCUT2D eigenvalue weighted by Crippen LogP contribution is -2.52. The topological polar surface area (TPSA) is 243 Å². The maximum atomic E-state index is 12.9. The van der Waals surface area contributed by atoms with Crippen LogP contribution in [-0.4, -0.2) is 110 Å². The van der Waals surface area contributed by atoms with Gasteiger partial charge in [-0.1, -0.05) is 55.4 Å². The smallest absolute Gasteiger partial charge is 0.407 e. The lowest BCUT2D eigenvalue weighted by atomic mass is 9.62. The predicted molar refractivity (Wildman–Crippen MR) is 214 cm³/mol. The standard InChI is InChI=1S/C40H72N6O11/c1-11-55-33(52)42-22-39(9)19-28(17-37(6,7)21-39)46-35(54)57-25-40(10,31(49)50)24-56-34(53)43-23-38(8)18-27(16-36(4,5)20-38)45-32(51)41-15-13-12-14-29(30(47)48)44-26(2)3/h26-29,44H,11-25H2,1-10H3,(H,42,52)(H,43,53)(H,46,54)(H,47,48)(H,49,50)(H2,41,45,51). The highest BCUT2D eigenvalue weighted by molar-refractivity contribution is 5.76. The van der Waals surface area contributed by atoms with Gasteiger partial charge >= 0.3 is 36.2 Å². The lowest BCUT2D eigenvalue weighted by Gasteiger charge is -2.46. The van der Waals surface area contributed by atoms with Gasteiger partial charge in [-0.3, -0.25) is 9.59 Å². The minimum Gasteiger partial charge on any atom is -0.481 e. The van der Waals surface area contributed by atoms with E-state index in [0.29, 0.717) is 51.6 Å². The molecule has 0 aromatic rings. The molecule has 0 aromatic heterocycles. The van der Waals surface area contributed by atoms with Gasteiger partial charge in [-0.05, 0) is 93.3 Å². The molecular formula is C40H72N6O11. The lowest BCUT2D eigenvalue weighted by molar-refractivity contribution is -0.153. The molecule has 2 aliphatic rings. The first-order valence-electron chi connectivity index (χ1n) is 20.3. The normalized spacial score (nSPS) is 25.5. The first-order chi connectivity index (χ1) is 26.3. The van der Waals surface area contributed by atoms with E-state index in [1.165, 1.54) is 6.92 Å². The maximum absolute atomic E-state index is 12.9. The van der Waals surface area contributed by atoms with Gasteiger partial charge in [0, 0.05) is 37.8 Å². The van der Waals surface area contributed by atoms with Crippen molar-refractivity contribution in [3.05, 3.63) is 0 Å². The highest BCUT2D eigenvalue weighted by Gasteiger charge is 2.44. The van der Waals surface area contributed by atoms with E-state index in [1.807, 2.05) is 27.7 Å². The van der Waals surface area contributed by atoms with Crippen LogP contribution in [0.25, 0.3) is 0 Å². The molecule has 0 bridgehead atoms. The van der Waals surface area contributed by atoms with Crippen LogP contribution in [0.2, 0.25) is 0 Å². The van der Waals surface area contributed by atoms with Crippen molar-refractivity contribution in [1.82, 2.24) is 31.9 Å². The fourth-order valence-electron chi connectivity index (χ4n) is 8.96. The van der Waals surface area contributed by atoms with Gasteiger partial charge in [-0.15, -0.1) is 0 Å². The quantitative estimate of drug-likeness (QED) is 0.0572. The van der Waals surface area contributed by atoms with E-state index >= 15 is 0 Å². The minimum absolute atomic E-state index is 0.0515. The summed E-state index contributed by atoms with van der Waals surface area (Å²) in [5.41, 5.74) is -2.78. The summed E-state index contributed by atoms with van der Waals surface area (Å²) in [5.74, 6) is -2.20. The van der Waals surface area contributed by atoms with E-state index in [4.69, 9.17) is 14.2 Å². The van der Waals surface area contributed by atoms with Gasteiger partial charge in [0.05, 0.1) is 6.61 Å². The molecule has 0 saturated heterocycles. The Kier molecular flexibility index (Phi) is 18.2. The van der Waals surface area contributed by atoms with Gasteiger partial charge in [0.1, 0.15) is 24.7 Å². The van der Waals surface area contributed by atoms with Crippen LogP contribution in [0.3, 0.4) is 0 Å². The van der Waals surface area contributed by atoms with Crippen LogP contribution in [0.5, 0.6) is 0 Å². The molecular weight excluding hydrogens is 740 g/mol. The number of hydrogen-bond acceptors (Lipinski definition) is 10. The third-order valence-corrected chi connectivity index (χ3v) is 10.7. The molecule has 2 aliphatic carbocycles. The van der Waals surface area contributed by atoms with Crippen molar-refractivity contribution in [3.8, 4) is 0 Å². The second kappa shape index (κ2) is 21.1. The van der Waals surface area contributed by atoms with Crippen molar-refractivity contribution in [3.63, 3.8) is 0 Å². The highest BCUT2D eigenvalue weighted by Crippen LogP contribution is 2.47. The fraction of sp³-hybridized carbons (Fsp3) is 0.850. The second-order valence-corrected chi connectivity index (χ2v) is 19.2. The molecule has 57 heavy (non-hydrogen) atoms. The van der Waals surface area contributed by atoms with Gasteiger partial charge in [0.25, 0.3) is 0 Å². The summed E-state index contributed by atoms with van der Waals surface area (Å²) in [4.78, 5) is 74.2. The molecule has 17 nitrogen and oxygen atoms in total. The van der Waals surface area contributed by atoms with Crippen LogP contribution < -0.4 is 31.9 Å². The van der Waals surface area contributed by atoms with Crippen molar-refractivity contribution in [2.75, 3.05) is 39.5 Å². The molecule has 17 heteroatoms. The average Bonchev–Trinajstić information content (AvgIpc) is 3.05. The van der Waals surface area contributed by atoms with E-state index in [9.17, 15) is 39.0 Å². The number of nitrogens with one attached hydrogen (secondary N) is 6. The van der Waals surface area contributed by atoms with Crippen LogP contribution in [0, 0.1) is 27.1 Å². The molecule has 5 amide bonds. The van der Waals surface area contributed by atoms with E-state index in [1.54, 1.807) is 6.92 Å². The Bertz CT molecular complexity index is 1390. The van der Waals surface area contributed by atoms with Gasteiger partial charge in [0.2, 0.25) is 0 Å². The Morgan fingerprint density at radius 3 is 1.67 bits per heavy atom. The Morgan fingerprint density at radius 2 is 1.19 bits per heavy atom. The summed E-state index contributed by atoms with van der Waals surface area (Å²) in [7, 11) is 0. The van der Waals surface area contributed by atoms with Crippen LogP contribution in [0.15, 0.2) is 0 Å². The SMILES string of the molecule is CCOC(=O)NCC1(C)CC(NC(=O)OCC(C)(COC(=O)NCC2(C)CC(NC(=O)NCCCCC(NC(C)C)C(=O)O)CC(C)(C)C2)C(=O)O)CC(C)(C)C1.